The third-order valence-electron chi connectivity index (χ3n) is 28.3. The summed E-state index contributed by atoms with van der Waals surface area (Å²) in [5, 5.41) is 25.1. The van der Waals surface area contributed by atoms with Gasteiger partial charge in [0, 0.05) is 134 Å². The molecular formula is C109H126Cl8N24O2. The molecule has 5 aromatic carbocycles. The summed E-state index contributed by atoms with van der Waals surface area (Å²) in [5.41, 5.74) is 15.9. The molecule has 12 heterocycles. The maximum Gasteiger partial charge on any atom is 0.410 e. The number of hydrogen-bond acceptors (Lipinski definition) is 21. The first kappa shape index (κ1) is 102. The van der Waals surface area contributed by atoms with Crippen molar-refractivity contribution in [3.63, 3.8) is 0 Å². The first-order valence-electron chi connectivity index (χ1n) is 51.5. The van der Waals surface area contributed by atoms with Crippen molar-refractivity contribution in [3.8, 4) is 90.6 Å². The van der Waals surface area contributed by atoms with Gasteiger partial charge >= 0.3 is 6.09 Å². The molecule has 22 rings (SSSR count). The summed E-state index contributed by atoms with van der Waals surface area (Å²) in [7, 11) is 2.19. The van der Waals surface area contributed by atoms with Gasteiger partial charge in [-0.1, -0.05) is 187 Å². The highest BCUT2D eigenvalue weighted by Crippen LogP contribution is 2.48. The van der Waals surface area contributed by atoms with Crippen LogP contribution in [0.1, 0.15) is 227 Å². The van der Waals surface area contributed by atoms with E-state index < -0.39 is 0 Å². The largest absolute Gasteiger partial charge is 0.445 e. The van der Waals surface area contributed by atoms with Gasteiger partial charge in [0.25, 0.3) is 0 Å². The standard InChI is InChI=1S/C33H34Cl2N6O2.C27H34Cl2N6.C25H30Cl2N6.C24H28Cl2N6/c34-26-11-8-24(18-27(26)35)29-30(28-12-15-36-32(38-28)37-25-9-10-25)41(19-21-6-7-21)31(39-29)23-13-16-40(17-14-23)33(42)43-20-22-4-2-1-3-5-22;1-2-16-35-25(23-12-15-31-27(33-23)32-20-6-4-3-5-7-20)24(19-8-9-21(28)22(29)17-19)34-26(35)18-10-13-30-14-11-18;1-3-12-33-23(21-8-11-28-25(30-21)29-18-5-6-18)22(17-4-7-19(26)20(27)15-17)31-24(33)16-9-13-32(2)14-10-16;1-2-13-32-22(20-9-12-28-24(30-20)29-17-4-5-17)21(16-3-6-18(25)19(26)14-16)31-23(32)15-7-10-27-11-8-15/h1-5,8,11-12,15,18,21,23,25H,6-7,9-10,13-14,16-17,19-20H2,(H,36,37,38);8-9,12,15,17-18,20,30H,2-7,10-11,13-14,16H2,1H3,(H,31,32,33);4,7-8,11,15-16,18H,3,5-6,9-10,12-14H2,1-2H3,(H,28,29,30);3,6,9,12,14-15,17,27H,2,4-5,7-8,10-11,13H2,1H3,(H,28,29,30). The van der Waals surface area contributed by atoms with E-state index in [2.05, 4.69) is 103 Å². The van der Waals surface area contributed by atoms with Crippen molar-refractivity contribution in [2.75, 3.05) is 80.7 Å². The number of ether oxygens (including phenoxy) is 1. The van der Waals surface area contributed by atoms with Gasteiger partial charge in [0.05, 0.1) is 109 Å². The molecule has 0 spiro atoms. The molecule has 26 nitrogen and oxygen atoms in total. The molecular weight excluding hydrogens is 1960 g/mol. The normalized spacial score (nSPS) is 17.3. The van der Waals surface area contributed by atoms with E-state index in [0.717, 1.165) is 268 Å². The highest BCUT2D eigenvalue weighted by molar-refractivity contribution is 6.44. The number of halogens is 8. The number of carbonyl (C=O) groups excluding carboxylic acids is 1. The van der Waals surface area contributed by atoms with Gasteiger partial charge in [-0.15, -0.1) is 0 Å². The second-order valence-corrected chi connectivity index (χ2v) is 42.7. The number of imidazole rings is 4. The van der Waals surface area contributed by atoms with E-state index in [1.165, 1.54) is 70.6 Å². The van der Waals surface area contributed by atoms with Crippen LogP contribution in [0.2, 0.25) is 40.2 Å². The van der Waals surface area contributed by atoms with Crippen molar-refractivity contribution in [1.82, 2.24) is 98.5 Å². The van der Waals surface area contributed by atoms with Gasteiger partial charge in [0.2, 0.25) is 23.8 Å². The van der Waals surface area contributed by atoms with Crippen LogP contribution in [-0.4, -0.2) is 178 Å². The van der Waals surface area contributed by atoms with Gasteiger partial charge in [0.1, 0.15) is 29.9 Å². The molecule has 0 radical (unpaired) electrons. The highest BCUT2D eigenvalue weighted by Gasteiger charge is 2.38. The number of anilines is 4. The Hall–Kier alpha value is -10.1. The number of nitrogens with one attached hydrogen (secondary N) is 6. The van der Waals surface area contributed by atoms with E-state index in [-0.39, 0.29) is 18.6 Å². The van der Waals surface area contributed by atoms with Crippen LogP contribution in [0.25, 0.3) is 90.6 Å². The van der Waals surface area contributed by atoms with Gasteiger partial charge in [-0.3, -0.25) is 0 Å². The average molecular weight is 2090 g/mol. The van der Waals surface area contributed by atoms with Crippen LogP contribution in [0.3, 0.4) is 0 Å². The third-order valence-corrected chi connectivity index (χ3v) is 31.3. The molecule has 0 unspecified atom stereocenters. The predicted octanol–water partition coefficient (Wildman–Crippen LogP) is 26.6. The number of amides is 1. The van der Waals surface area contributed by atoms with Gasteiger partial charge in [-0.05, 0) is 265 Å². The minimum atomic E-state index is -0.266. The lowest BCUT2D eigenvalue weighted by atomic mass is 9.96. The van der Waals surface area contributed by atoms with Crippen molar-refractivity contribution in [1.29, 1.82) is 0 Å². The summed E-state index contributed by atoms with van der Waals surface area (Å²) in [6.07, 6.45) is 33.9. The summed E-state index contributed by atoms with van der Waals surface area (Å²) in [5.74, 6) is 9.24. The van der Waals surface area contributed by atoms with E-state index in [0.29, 0.717) is 125 Å². The fraction of sp³-hybridized carbons (Fsp3) is 0.459. The van der Waals surface area contributed by atoms with Gasteiger partial charge < -0.3 is 64.7 Å². The van der Waals surface area contributed by atoms with E-state index in [4.69, 9.17) is 137 Å². The second-order valence-electron chi connectivity index (χ2n) is 39.4. The number of aromatic nitrogens is 16. The Kier molecular flexibility index (Phi) is 33.8. The molecule has 4 aliphatic heterocycles. The molecule has 9 fully saturated rings. The number of rotatable bonds is 30. The van der Waals surface area contributed by atoms with Crippen molar-refractivity contribution >= 4 is 123 Å². The van der Waals surface area contributed by atoms with Crippen molar-refractivity contribution in [2.24, 2.45) is 5.92 Å². The number of benzene rings is 5. The highest BCUT2D eigenvalue weighted by atomic mass is 35.5. The second kappa shape index (κ2) is 47.6. The zero-order chi connectivity index (χ0) is 98.6. The maximum atomic E-state index is 12.9. The molecule has 5 saturated carbocycles. The molecule has 5 aliphatic carbocycles. The lowest BCUT2D eigenvalue weighted by molar-refractivity contribution is 0.0864. The fourth-order valence-electron chi connectivity index (χ4n) is 20.1. The molecule has 4 saturated heterocycles. The average Bonchev–Trinajstić information content (AvgIpc) is 1.61. The van der Waals surface area contributed by atoms with Crippen molar-refractivity contribution in [2.45, 2.75) is 255 Å². The van der Waals surface area contributed by atoms with Gasteiger partial charge in [-0.25, -0.2) is 64.6 Å². The number of likely N-dealkylation sites (tertiary alicyclic amines) is 2. The Morgan fingerprint density at radius 2 is 0.664 bits per heavy atom. The quantitative estimate of drug-likeness (QED) is 0.0244. The summed E-state index contributed by atoms with van der Waals surface area (Å²) in [6.45, 7) is 17.9. The predicted molar refractivity (Wildman–Crippen MR) is 578 cm³/mol. The Bertz CT molecular complexity index is 6540. The maximum absolute atomic E-state index is 12.9. The molecule has 0 bridgehead atoms. The summed E-state index contributed by atoms with van der Waals surface area (Å²) >= 11 is 50.8. The molecule has 143 heavy (non-hydrogen) atoms. The minimum absolute atomic E-state index is 0.193. The molecule has 0 atom stereocenters. The van der Waals surface area contributed by atoms with Crippen LogP contribution in [0.15, 0.2) is 152 Å². The molecule has 6 N–H and O–H groups in total. The van der Waals surface area contributed by atoms with Crippen LogP contribution in [-0.2, 0) is 37.5 Å². The number of hydrogen-bond donors (Lipinski definition) is 6. The van der Waals surface area contributed by atoms with Gasteiger partial charge in [-0.2, -0.15) is 0 Å². The van der Waals surface area contributed by atoms with E-state index in [9.17, 15) is 4.79 Å². The zero-order valence-electron chi connectivity index (χ0n) is 81.7. The third kappa shape index (κ3) is 25.4. The molecule has 1 amide bonds. The monoisotopic (exact) mass is 2080 g/mol. The smallest absolute Gasteiger partial charge is 0.410 e. The minimum Gasteiger partial charge on any atom is -0.445 e. The Balaban J connectivity index is 0.000000122. The number of carbonyl (C=O) groups is 1. The van der Waals surface area contributed by atoms with Crippen molar-refractivity contribution < 1.29 is 9.53 Å². The van der Waals surface area contributed by atoms with E-state index in [1.807, 2.05) is 157 Å². The zero-order valence-corrected chi connectivity index (χ0v) is 87.7. The number of nitrogens with zero attached hydrogens (tertiary/aromatic N) is 18. The Labute approximate surface area is 878 Å². The summed E-state index contributed by atoms with van der Waals surface area (Å²) in [6, 6.07) is 42.5. The SMILES string of the molecule is CCCn1c(C2CCN(C)CC2)nc(-c2ccc(Cl)c(Cl)c2)c1-c1ccnc(NC2CC2)n1.CCCn1c(C2CCNCC2)nc(-c2ccc(Cl)c(Cl)c2)c1-c1ccnc(NC2CC2)n1.CCCn1c(C2CCNCC2)nc(-c2ccc(Cl)c(Cl)c2)c1-c1ccnc(NC2CCCCC2)n1.O=C(OCc1ccccc1)N1CCC(c2nc(-c3ccc(Cl)c(Cl)c3)c(-c3ccnc(NC4CC4)n3)n2CC2CC2)CC1. The fourth-order valence-corrected chi connectivity index (χ4v) is 21.3. The number of piperidine rings is 4. The first-order chi connectivity index (χ1) is 69.8. The summed E-state index contributed by atoms with van der Waals surface area (Å²) in [4.78, 5) is 75.9. The van der Waals surface area contributed by atoms with Crippen LogP contribution >= 0.6 is 92.8 Å². The first-order valence-corrected chi connectivity index (χ1v) is 54.5. The van der Waals surface area contributed by atoms with Gasteiger partial charge in [0.15, 0.2) is 0 Å². The van der Waals surface area contributed by atoms with Crippen LogP contribution in [0.4, 0.5) is 28.6 Å². The Morgan fingerprint density at radius 3 is 0.986 bits per heavy atom. The van der Waals surface area contributed by atoms with Crippen LogP contribution < -0.4 is 31.9 Å². The van der Waals surface area contributed by atoms with E-state index >= 15 is 0 Å². The topological polar surface area (TPSA) is 279 Å². The van der Waals surface area contributed by atoms with Crippen LogP contribution in [0.5, 0.6) is 0 Å². The van der Waals surface area contributed by atoms with E-state index in [1.54, 1.807) is 0 Å². The van der Waals surface area contributed by atoms with Crippen molar-refractivity contribution in [3.05, 3.63) is 221 Å². The Morgan fingerprint density at radius 1 is 0.350 bits per heavy atom. The molecule has 13 aromatic rings. The molecule has 9 aliphatic rings. The van der Waals surface area contributed by atoms with Crippen LogP contribution in [0, 0.1) is 5.92 Å². The lowest BCUT2D eigenvalue weighted by Gasteiger charge is -2.31. The molecule has 34 heteroatoms. The molecule has 8 aromatic heterocycles. The summed E-state index contributed by atoms with van der Waals surface area (Å²) < 4.78 is 15.1. The lowest BCUT2D eigenvalue weighted by Crippen LogP contribution is -2.38. The molecule has 750 valence electrons.